The predicted octanol–water partition coefficient (Wildman–Crippen LogP) is -0.425. The molecule has 0 radical (unpaired) electrons. The molecule has 0 spiro atoms. The average Bonchev–Trinajstić information content (AvgIpc) is 2.79. The van der Waals surface area contributed by atoms with Crippen molar-refractivity contribution in [1.29, 1.82) is 0 Å². The van der Waals surface area contributed by atoms with Crippen LogP contribution < -0.4 is 10.6 Å². The Morgan fingerprint density at radius 3 is 3.18 bits per heavy atom. The third kappa shape index (κ3) is 4.26. The lowest BCUT2D eigenvalue weighted by molar-refractivity contribution is -0.123. The first-order chi connectivity index (χ1) is 8.24. The molecule has 1 unspecified atom stereocenters. The molecule has 2 heterocycles. The number of piperazine rings is 1. The second-order valence-electron chi connectivity index (χ2n) is 5.03. The average molecular weight is 241 g/mol. The zero-order chi connectivity index (χ0) is 12.1. The van der Waals surface area contributed by atoms with Crippen molar-refractivity contribution in [3.05, 3.63) is 0 Å². The molecule has 2 saturated heterocycles. The van der Waals surface area contributed by atoms with Gasteiger partial charge in [-0.3, -0.25) is 9.69 Å². The van der Waals surface area contributed by atoms with Crippen LogP contribution in [0.5, 0.6) is 0 Å². The van der Waals surface area contributed by atoms with Gasteiger partial charge in [0.2, 0.25) is 5.91 Å². The molecule has 2 rings (SSSR count). The topological polar surface area (TPSA) is 53.6 Å². The van der Waals surface area contributed by atoms with E-state index < -0.39 is 0 Å². The highest BCUT2D eigenvalue weighted by Crippen LogP contribution is 2.10. The Labute approximate surface area is 103 Å². The summed E-state index contributed by atoms with van der Waals surface area (Å²) in [5.74, 6) is 0.120. The van der Waals surface area contributed by atoms with Gasteiger partial charge in [-0.15, -0.1) is 0 Å². The molecule has 17 heavy (non-hydrogen) atoms. The minimum atomic E-state index is 0.120. The van der Waals surface area contributed by atoms with Crippen molar-refractivity contribution < 1.29 is 9.53 Å². The second-order valence-corrected chi connectivity index (χ2v) is 5.03. The Balaban J connectivity index is 1.62. The SMILES string of the molecule is C[C@@H]1CN(CC(=O)NCC2CCCO2)CCN1. The lowest BCUT2D eigenvalue weighted by Crippen LogP contribution is -2.52. The molecule has 0 aliphatic carbocycles. The van der Waals surface area contributed by atoms with E-state index in [0.29, 0.717) is 19.1 Å². The highest BCUT2D eigenvalue weighted by Gasteiger charge is 2.19. The Kier molecular flexibility index (Phi) is 4.76. The van der Waals surface area contributed by atoms with Gasteiger partial charge in [0, 0.05) is 38.8 Å². The van der Waals surface area contributed by atoms with Crippen LogP contribution in [-0.4, -0.2) is 62.3 Å². The molecule has 5 heteroatoms. The van der Waals surface area contributed by atoms with Gasteiger partial charge >= 0.3 is 0 Å². The molecular weight excluding hydrogens is 218 g/mol. The molecule has 2 N–H and O–H groups in total. The molecule has 2 fully saturated rings. The number of rotatable bonds is 4. The molecule has 2 aliphatic rings. The summed E-state index contributed by atoms with van der Waals surface area (Å²) in [6, 6.07) is 0.481. The standard InChI is InChI=1S/C12H23N3O2/c1-10-8-15(5-4-13-10)9-12(16)14-7-11-3-2-6-17-11/h10-11,13H,2-9H2,1H3,(H,14,16)/t10-,11?/m1/s1. The molecule has 0 aromatic rings. The highest BCUT2D eigenvalue weighted by atomic mass is 16.5. The zero-order valence-electron chi connectivity index (χ0n) is 10.6. The second kappa shape index (κ2) is 6.33. The summed E-state index contributed by atoms with van der Waals surface area (Å²) in [6.45, 7) is 7.05. The molecule has 1 amide bonds. The van der Waals surface area contributed by atoms with Gasteiger partial charge in [-0.2, -0.15) is 0 Å². The number of hydrogen-bond donors (Lipinski definition) is 2. The Bertz CT molecular complexity index is 254. The van der Waals surface area contributed by atoms with Crippen molar-refractivity contribution in [1.82, 2.24) is 15.5 Å². The number of nitrogens with zero attached hydrogens (tertiary/aromatic N) is 1. The molecule has 2 aliphatic heterocycles. The molecule has 0 saturated carbocycles. The number of amides is 1. The summed E-state index contributed by atoms with van der Waals surface area (Å²) in [7, 11) is 0. The fourth-order valence-electron chi connectivity index (χ4n) is 2.45. The molecule has 0 bridgehead atoms. The Morgan fingerprint density at radius 2 is 2.47 bits per heavy atom. The van der Waals surface area contributed by atoms with E-state index in [1.807, 2.05) is 0 Å². The predicted molar refractivity (Wildman–Crippen MR) is 65.9 cm³/mol. The summed E-state index contributed by atoms with van der Waals surface area (Å²) >= 11 is 0. The van der Waals surface area contributed by atoms with Crippen LogP contribution in [0.15, 0.2) is 0 Å². The molecule has 0 aromatic heterocycles. The minimum absolute atomic E-state index is 0.120. The first-order valence-electron chi connectivity index (χ1n) is 6.58. The zero-order valence-corrected chi connectivity index (χ0v) is 10.6. The fraction of sp³-hybridized carbons (Fsp3) is 0.917. The van der Waals surface area contributed by atoms with Crippen LogP contribution in [0.3, 0.4) is 0 Å². The van der Waals surface area contributed by atoms with E-state index in [9.17, 15) is 4.79 Å². The summed E-state index contributed by atoms with van der Waals surface area (Å²) in [5, 5.41) is 6.33. The summed E-state index contributed by atoms with van der Waals surface area (Å²) in [6.07, 6.45) is 2.43. The van der Waals surface area contributed by atoms with Gasteiger partial charge in [-0.25, -0.2) is 0 Å². The van der Waals surface area contributed by atoms with Crippen molar-refractivity contribution in [3.63, 3.8) is 0 Å². The van der Waals surface area contributed by atoms with Gasteiger partial charge < -0.3 is 15.4 Å². The maximum Gasteiger partial charge on any atom is 0.234 e. The smallest absolute Gasteiger partial charge is 0.234 e. The van der Waals surface area contributed by atoms with Crippen molar-refractivity contribution in [2.45, 2.75) is 31.9 Å². The molecule has 0 aromatic carbocycles. The number of carbonyl (C=O) groups excluding carboxylic acids is 1. The number of ether oxygens (including phenoxy) is 1. The van der Waals surface area contributed by atoms with E-state index >= 15 is 0 Å². The van der Waals surface area contributed by atoms with Gasteiger partial charge in [0.1, 0.15) is 0 Å². The number of carbonyl (C=O) groups is 1. The van der Waals surface area contributed by atoms with Gasteiger partial charge in [0.05, 0.1) is 12.6 Å². The van der Waals surface area contributed by atoms with Crippen LogP contribution in [0, 0.1) is 0 Å². The summed E-state index contributed by atoms with van der Waals surface area (Å²) in [4.78, 5) is 13.9. The Hall–Kier alpha value is -0.650. The van der Waals surface area contributed by atoms with E-state index in [4.69, 9.17) is 4.74 Å². The van der Waals surface area contributed by atoms with Crippen LogP contribution in [0.25, 0.3) is 0 Å². The van der Waals surface area contributed by atoms with Crippen LogP contribution >= 0.6 is 0 Å². The lowest BCUT2D eigenvalue weighted by Gasteiger charge is -2.31. The van der Waals surface area contributed by atoms with Crippen LogP contribution in [-0.2, 0) is 9.53 Å². The van der Waals surface area contributed by atoms with Crippen LogP contribution in [0.1, 0.15) is 19.8 Å². The van der Waals surface area contributed by atoms with Crippen molar-refractivity contribution in [2.24, 2.45) is 0 Å². The van der Waals surface area contributed by atoms with Gasteiger partial charge in [-0.05, 0) is 19.8 Å². The minimum Gasteiger partial charge on any atom is -0.376 e. The maximum absolute atomic E-state index is 11.7. The Morgan fingerprint density at radius 1 is 1.59 bits per heavy atom. The van der Waals surface area contributed by atoms with Crippen LogP contribution in [0.4, 0.5) is 0 Å². The first-order valence-corrected chi connectivity index (χ1v) is 6.58. The molecule has 5 nitrogen and oxygen atoms in total. The van der Waals surface area contributed by atoms with Crippen molar-refractivity contribution >= 4 is 5.91 Å². The summed E-state index contributed by atoms with van der Waals surface area (Å²) < 4.78 is 5.47. The lowest BCUT2D eigenvalue weighted by atomic mass is 10.2. The van der Waals surface area contributed by atoms with Crippen molar-refractivity contribution in [2.75, 3.05) is 39.3 Å². The maximum atomic E-state index is 11.7. The van der Waals surface area contributed by atoms with E-state index in [2.05, 4.69) is 22.5 Å². The molecule has 98 valence electrons. The monoisotopic (exact) mass is 241 g/mol. The van der Waals surface area contributed by atoms with Crippen LogP contribution in [0.2, 0.25) is 0 Å². The summed E-state index contributed by atoms with van der Waals surface area (Å²) in [5.41, 5.74) is 0. The third-order valence-electron chi connectivity index (χ3n) is 3.37. The molecule has 2 atom stereocenters. The normalized spacial score (nSPS) is 30.4. The van der Waals surface area contributed by atoms with Gasteiger partial charge in [-0.1, -0.05) is 0 Å². The van der Waals surface area contributed by atoms with E-state index in [-0.39, 0.29) is 12.0 Å². The third-order valence-corrected chi connectivity index (χ3v) is 3.37. The fourth-order valence-corrected chi connectivity index (χ4v) is 2.45. The number of nitrogens with one attached hydrogen (secondary N) is 2. The number of hydrogen-bond acceptors (Lipinski definition) is 4. The van der Waals surface area contributed by atoms with Crippen molar-refractivity contribution in [3.8, 4) is 0 Å². The molecular formula is C12H23N3O2. The van der Waals surface area contributed by atoms with Gasteiger partial charge in [0.25, 0.3) is 0 Å². The quantitative estimate of drug-likeness (QED) is 0.701. The van der Waals surface area contributed by atoms with E-state index in [1.165, 1.54) is 0 Å². The highest BCUT2D eigenvalue weighted by molar-refractivity contribution is 5.78. The van der Waals surface area contributed by atoms with E-state index in [0.717, 1.165) is 39.1 Å². The first kappa shape index (κ1) is 12.8. The largest absolute Gasteiger partial charge is 0.376 e. The van der Waals surface area contributed by atoms with E-state index in [1.54, 1.807) is 0 Å². The van der Waals surface area contributed by atoms with Gasteiger partial charge in [0.15, 0.2) is 0 Å².